The molecule has 0 atom stereocenters. The van der Waals surface area contributed by atoms with Crippen LogP contribution in [0.4, 0.5) is 0 Å². The molecule has 0 aromatic carbocycles. The molecule has 0 saturated heterocycles. The van der Waals surface area contributed by atoms with Crippen molar-refractivity contribution in [2.24, 2.45) is 0 Å². The van der Waals surface area contributed by atoms with Gasteiger partial charge in [-0.3, -0.25) is 0 Å². The molecule has 1 nitrogen and oxygen atoms in total. The third kappa shape index (κ3) is 32.0. The predicted molar refractivity (Wildman–Crippen MR) is 23.8 cm³/mol. The van der Waals surface area contributed by atoms with Gasteiger partial charge in [0, 0.05) is 0 Å². The Balaban J connectivity index is -0.0000000275. The van der Waals surface area contributed by atoms with Crippen LogP contribution in [-0.4, -0.2) is 7.11 Å². The summed E-state index contributed by atoms with van der Waals surface area (Å²) < 4.78 is 0. The fourth-order valence-corrected chi connectivity index (χ4v) is 0. The van der Waals surface area contributed by atoms with E-state index in [9.17, 15) is 0 Å². The molecule has 0 rings (SSSR count). The van der Waals surface area contributed by atoms with E-state index in [2.05, 4.69) is 28.2 Å². The standard InChI is InChI=1S/CH3O.2BrH.Cu.Na/c1-2;;;;/h1H3;2*1H;;/q-1;;;+2;+1/p-2. The van der Waals surface area contributed by atoms with Crippen LogP contribution in [0.5, 0.6) is 0 Å². The van der Waals surface area contributed by atoms with E-state index in [-0.39, 0.29) is 29.6 Å². The number of hydrogen-bond acceptors (Lipinski definition) is 1. The monoisotopic (exact) mass is 275 g/mol. The van der Waals surface area contributed by atoms with Crippen LogP contribution in [-0.2, 0) is 11.3 Å². The Labute approximate surface area is 80.1 Å². The second kappa shape index (κ2) is 26.1. The molecule has 39 valence electrons. The van der Waals surface area contributed by atoms with Gasteiger partial charge in [0.1, 0.15) is 0 Å². The Morgan fingerprint density at radius 2 is 1.33 bits per heavy atom. The van der Waals surface area contributed by atoms with Gasteiger partial charge in [-0.25, -0.2) is 0 Å². The Morgan fingerprint density at radius 3 is 1.33 bits per heavy atom. The zero-order valence-corrected chi connectivity index (χ0v) is 9.58. The summed E-state index contributed by atoms with van der Waals surface area (Å²) in [5.74, 6) is 0. The molecule has 0 aromatic heterocycles. The molecule has 0 aliphatic carbocycles. The van der Waals surface area contributed by atoms with Crippen molar-refractivity contribution < 1.29 is 46.0 Å². The second-order valence-corrected chi connectivity index (χ2v) is 4.80. The smallest absolute Gasteiger partial charge is 1.00 e. The van der Waals surface area contributed by atoms with Crippen LogP contribution in [0.15, 0.2) is 0 Å². The largest absolute Gasteiger partial charge is 1.00 e. The number of halogens is 2. The van der Waals surface area contributed by atoms with Crippen LogP contribution in [0, 0.1) is 0 Å². The summed E-state index contributed by atoms with van der Waals surface area (Å²) in [7, 11) is 0.750. The second-order valence-electron chi connectivity index (χ2n) is 0.0431. The van der Waals surface area contributed by atoms with Crippen molar-refractivity contribution in [1.82, 2.24) is 0 Å². The summed E-state index contributed by atoms with van der Waals surface area (Å²) >= 11 is 7.38. The van der Waals surface area contributed by atoms with E-state index in [1.807, 2.05) is 0 Å². The summed E-state index contributed by atoms with van der Waals surface area (Å²) in [6, 6.07) is 0. The van der Waals surface area contributed by atoms with E-state index >= 15 is 0 Å². The molecule has 0 heterocycles. The molecule has 0 bridgehead atoms. The molecule has 6 heavy (non-hydrogen) atoms. The minimum Gasteiger partial charge on any atom is 1.00 e. The summed E-state index contributed by atoms with van der Waals surface area (Å²) in [4.78, 5) is 0. The number of rotatable bonds is 0. The van der Waals surface area contributed by atoms with E-state index in [0.717, 1.165) is 7.11 Å². The van der Waals surface area contributed by atoms with Crippen molar-refractivity contribution in [3.05, 3.63) is 0 Å². The third-order valence-corrected chi connectivity index (χ3v) is 0. The van der Waals surface area contributed by atoms with Gasteiger partial charge in [-0.15, -0.1) is 0 Å². The first kappa shape index (κ1) is 15.8. The van der Waals surface area contributed by atoms with Crippen molar-refractivity contribution in [3.8, 4) is 0 Å². The summed E-state index contributed by atoms with van der Waals surface area (Å²) in [5, 5.41) is 8.25. The van der Waals surface area contributed by atoms with Crippen molar-refractivity contribution >= 4 is 28.2 Å². The zero-order valence-electron chi connectivity index (χ0n) is 3.47. The predicted octanol–water partition coefficient (Wildman–Crippen LogP) is -2.33. The van der Waals surface area contributed by atoms with E-state index in [1.54, 1.807) is 0 Å². The van der Waals surface area contributed by atoms with Gasteiger partial charge < -0.3 is 5.11 Å². The molecule has 0 unspecified atom stereocenters. The average molecular weight is 277 g/mol. The van der Waals surface area contributed by atoms with E-state index in [1.165, 1.54) is 11.3 Å². The van der Waals surface area contributed by atoms with Gasteiger partial charge in [-0.05, 0) is 0 Å². The molecule has 5 heteroatoms. The van der Waals surface area contributed by atoms with Gasteiger partial charge >= 0.3 is 69.1 Å². The quantitative estimate of drug-likeness (QED) is 0.456. The topological polar surface area (TPSA) is 23.1 Å². The van der Waals surface area contributed by atoms with Gasteiger partial charge in [0.15, 0.2) is 0 Å². The molecule has 0 amide bonds. The molecule has 0 saturated carbocycles. The van der Waals surface area contributed by atoms with Crippen LogP contribution in [0.1, 0.15) is 0 Å². The molecular formula is CH3Br2CuNaO. The Bertz CT molecular complexity index is 13.5. The van der Waals surface area contributed by atoms with Gasteiger partial charge in [0.05, 0.1) is 0 Å². The molecule has 0 aliphatic heterocycles. The van der Waals surface area contributed by atoms with E-state index in [4.69, 9.17) is 5.11 Å². The van der Waals surface area contributed by atoms with Crippen LogP contribution >= 0.6 is 28.2 Å². The van der Waals surface area contributed by atoms with Gasteiger partial charge in [-0.1, -0.05) is 0 Å². The first-order valence-electron chi connectivity index (χ1n) is 0.636. The fraction of sp³-hybridized carbons (Fsp3) is 1.00. The number of hydrogen-bond donors (Lipinski definition) is 0. The van der Waals surface area contributed by atoms with E-state index in [0.29, 0.717) is 0 Å². The molecule has 0 spiro atoms. The van der Waals surface area contributed by atoms with Crippen molar-refractivity contribution in [3.63, 3.8) is 0 Å². The Morgan fingerprint density at radius 1 is 1.33 bits per heavy atom. The molecular weight excluding hydrogens is 274 g/mol. The van der Waals surface area contributed by atoms with Crippen molar-refractivity contribution in [1.29, 1.82) is 0 Å². The molecule has 0 aromatic rings. The molecule has 0 N–H and O–H groups in total. The average Bonchev–Trinajstić information content (AvgIpc) is 1.46. The minimum atomic E-state index is 0. The van der Waals surface area contributed by atoms with Crippen LogP contribution in [0.3, 0.4) is 0 Å². The van der Waals surface area contributed by atoms with Crippen molar-refractivity contribution in [2.45, 2.75) is 0 Å². The summed E-state index contributed by atoms with van der Waals surface area (Å²) in [5.41, 5.74) is 0. The van der Waals surface area contributed by atoms with Crippen LogP contribution in [0.25, 0.3) is 0 Å². The summed E-state index contributed by atoms with van der Waals surface area (Å²) in [6.45, 7) is 0. The first-order valence-corrected chi connectivity index (χ1v) is 5.29. The minimum absolute atomic E-state index is 0. The SMILES string of the molecule is C[O-].[Br][Cu][Br].[Na+]. The van der Waals surface area contributed by atoms with Gasteiger partial charge in [0.25, 0.3) is 0 Å². The van der Waals surface area contributed by atoms with Crippen LogP contribution < -0.4 is 34.7 Å². The maximum Gasteiger partial charge on any atom is 1.00 e. The first-order chi connectivity index (χ1) is 2.41. The maximum absolute atomic E-state index is 8.25. The van der Waals surface area contributed by atoms with Gasteiger partial charge in [0.2, 0.25) is 0 Å². The van der Waals surface area contributed by atoms with Gasteiger partial charge in [-0.2, -0.15) is 7.11 Å². The molecule has 0 aliphatic rings. The Hall–Kier alpha value is 2.44. The normalized spacial score (nSPS) is 4.67. The fourth-order valence-electron chi connectivity index (χ4n) is 0. The maximum atomic E-state index is 8.25. The third-order valence-electron chi connectivity index (χ3n) is 0. The zero-order chi connectivity index (χ0) is 4.71. The Kier molecular flexibility index (Phi) is 68.6. The molecule has 0 fully saturated rings. The van der Waals surface area contributed by atoms with Crippen LogP contribution in [0.2, 0.25) is 0 Å². The van der Waals surface area contributed by atoms with E-state index < -0.39 is 0 Å². The summed E-state index contributed by atoms with van der Waals surface area (Å²) in [6.07, 6.45) is 0. The van der Waals surface area contributed by atoms with Crippen molar-refractivity contribution in [2.75, 3.05) is 7.11 Å². The molecule has 0 radical (unpaired) electrons.